The summed E-state index contributed by atoms with van der Waals surface area (Å²) >= 11 is 5.94. The summed E-state index contributed by atoms with van der Waals surface area (Å²) in [4.78, 5) is 11.5. The van der Waals surface area contributed by atoms with Gasteiger partial charge in [-0.1, -0.05) is 24.6 Å². The van der Waals surface area contributed by atoms with Crippen molar-refractivity contribution in [2.24, 2.45) is 0 Å². The molecular weight excluding hydrogens is 184 g/mol. The van der Waals surface area contributed by atoms with Gasteiger partial charge in [0, 0.05) is 12.0 Å². The van der Waals surface area contributed by atoms with Crippen molar-refractivity contribution in [3.63, 3.8) is 0 Å². The largest absolute Gasteiger partial charge is 0.294 e. The van der Waals surface area contributed by atoms with Crippen molar-refractivity contribution in [2.75, 3.05) is 0 Å². The average Bonchev–Trinajstić information content (AvgIpc) is 2.04. The third kappa shape index (κ3) is 2.56. The molecule has 0 radical (unpaired) electrons. The Morgan fingerprint density at radius 2 is 2.15 bits per heavy atom. The number of carbonyl (C=O) groups excluding carboxylic acids is 1. The lowest BCUT2D eigenvalue weighted by Crippen LogP contribution is -1.99. The molecule has 0 bridgehead atoms. The molecule has 0 aliphatic carbocycles. The SMILES string of the molecule is CCCC(=O)c1ccc(C)cc1Cl. The van der Waals surface area contributed by atoms with Crippen molar-refractivity contribution in [1.82, 2.24) is 0 Å². The van der Waals surface area contributed by atoms with Crippen LogP contribution in [0.4, 0.5) is 0 Å². The summed E-state index contributed by atoms with van der Waals surface area (Å²) in [5.41, 5.74) is 1.73. The first-order valence-corrected chi connectivity index (χ1v) is 4.82. The quantitative estimate of drug-likeness (QED) is 0.675. The molecule has 0 saturated carbocycles. The number of carbonyl (C=O) groups is 1. The van der Waals surface area contributed by atoms with Crippen LogP contribution in [-0.4, -0.2) is 5.78 Å². The molecule has 1 aromatic carbocycles. The second-order valence-electron chi connectivity index (χ2n) is 3.16. The van der Waals surface area contributed by atoms with E-state index in [0.717, 1.165) is 12.0 Å². The maximum Gasteiger partial charge on any atom is 0.164 e. The van der Waals surface area contributed by atoms with Gasteiger partial charge < -0.3 is 0 Å². The van der Waals surface area contributed by atoms with Crippen molar-refractivity contribution in [3.8, 4) is 0 Å². The summed E-state index contributed by atoms with van der Waals surface area (Å²) in [5, 5.41) is 0.568. The molecule has 0 aliphatic heterocycles. The lowest BCUT2D eigenvalue weighted by Gasteiger charge is -2.02. The van der Waals surface area contributed by atoms with Crippen molar-refractivity contribution in [2.45, 2.75) is 26.7 Å². The van der Waals surface area contributed by atoms with Gasteiger partial charge in [-0.25, -0.2) is 0 Å². The maximum absolute atomic E-state index is 11.5. The first-order valence-electron chi connectivity index (χ1n) is 4.44. The molecule has 0 spiro atoms. The molecule has 0 heterocycles. The molecule has 1 aromatic rings. The van der Waals surface area contributed by atoms with E-state index in [0.29, 0.717) is 17.0 Å². The Balaban J connectivity index is 2.95. The van der Waals surface area contributed by atoms with E-state index in [4.69, 9.17) is 11.6 Å². The third-order valence-electron chi connectivity index (χ3n) is 1.90. The zero-order chi connectivity index (χ0) is 9.84. The van der Waals surface area contributed by atoms with Gasteiger partial charge in [0.2, 0.25) is 0 Å². The second kappa shape index (κ2) is 4.43. The molecule has 0 fully saturated rings. The smallest absolute Gasteiger partial charge is 0.164 e. The molecule has 0 aromatic heterocycles. The van der Waals surface area contributed by atoms with E-state index in [-0.39, 0.29) is 5.78 Å². The fraction of sp³-hybridized carbons (Fsp3) is 0.364. The molecule has 13 heavy (non-hydrogen) atoms. The van der Waals surface area contributed by atoms with Crippen molar-refractivity contribution in [1.29, 1.82) is 0 Å². The van der Waals surface area contributed by atoms with E-state index in [1.165, 1.54) is 0 Å². The summed E-state index contributed by atoms with van der Waals surface area (Å²) in [6.07, 6.45) is 1.44. The molecular formula is C11H13ClO. The van der Waals surface area contributed by atoms with Crippen LogP contribution in [0, 0.1) is 6.92 Å². The molecule has 0 amide bonds. The Morgan fingerprint density at radius 1 is 1.46 bits per heavy atom. The zero-order valence-corrected chi connectivity index (χ0v) is 8.69. The summed E-state index contributed by atoms with van der Waals surface area (Å²) in [6.45, 7) is 3.94. The molecule has 0 unspecified atom stereocenters. The number of aryl methyl sites for hydroxylation is 1. The Kier molecular flexibility index (Phi) is 3.49. The topological polar surface area (TPSA) is 17.1 Å². The molecule has 0 N–H and O–H groups in total. The minimum absolute atomic E-state index is 0.132. The summed E-state index contributed by atoms with van der Waals surface area (Å²) < 4.78 is 0. The number of Topliss-reactive ketones (excluding diaryl/α,β-unsaturated/α-hetero) is 1. The number of ketones is 1. The standard InChI is InChI=1S/C11H13ClO/c1-3-4-11(13)9-6-5-8(2)7-10(9)12/h5-7H,3-4H2,1-2H3. The lowest BCUT2D eigenvalue weighted by atomic mass is 10.1. The van der Waals surface area contributed by atoms with Gasteiger partial charge >= 0.3 is 0 Å². The fourth-order valence-corrected chi connectivity index (χ4v) is 1.55. The van der Waals surface area contributed by atoms with Crippen LogP contribution in [0.15, 0.2) is 18.2 Å². The van der Waals surface area contributed by atoms with Gasteiger partial charge in [-0.3, -0.25) is 4.79 Å². The van der Waals surface area contributed by atoms with Crippen LogP contribution in [0.3, 0.4) is 0 Å². The molecule has 1 rings (SSSR count). The van der Waals surface area contributed by atoms with Gasteiger partial charge in [0.25, 0.3) is 0 Å². The predicted octanol–water partition coefficient (Wildman–Crippen LogP) is 3.63. The van der Waals surface area contributed by atoms with Crippen LogP contribution in [0.1, 0.15) is 35.7 Å². The lowest BCUT2D eigenvalue weighted by molar-refractivity contribution is 0.0982. The van der Waals surface area contributed by atoms with Gasteiger partial charge in [0.05, 0.1) is 5.02 Å². The van der Waals surface area contributed by atoms with Crippen LogP contribution in [0.5, 0.6) is 0 Å². The zero-order valence-electron chi connectivity index (χ0n) is 7.93. The first kappa shape index (κ1) is 10.3. The van der Waals surface area contributed by atoms with Gasteiger partial charge in [-0.2, -0.15) is 0 Å². The van der Waals surface area contributed by atoms with Gasteiger partial charge in [-0.15, -0.1) is 0 Å². The minimum Gasteiger partial charge on any atom is -0.294 e. The highest BCUT2D eigenvalue weighted by Gasteiger charge is 2.08. The molecule has 0 aliphatic rings. The number of hydrogen-bond acceptors (Lipinski definition) is 1. The summed E-state index contributed by atoms with van der Waals surface area (Å²) in [7, 11) is 0. The number of rotatable bonds is 3. The Bertz CT molecular complexity index is 318. The molecule has 1 nitrogen and oxygen atoms in total. The highest BCUT2D eigenvalue weighted by atomic mass is 35.5. The number of benzene rings is 1. The normalized spacial score (nSPS) is 10.1. The van der Waals surface area contributed by atoms with E-state index in [2.05, 4.69) is 0 Å². The summed E-state index contributed by atoms with van der Waals surface area (Å²) in [5.74, 6) is 0.132. The van der Waals surface area contributed by atoms with E-state index in [1.807, 2.05) is 26.0 Å². The number of hydrogen-bond donors (Lipinski definition) is 0. The third-order valence-corrected chi connectivity index (χ3v) is 2.21. The van der Waals surface area contributed by atoms with Crippen LogP contribution in [-0.2, 0) is 0 Å². The number of halogens is 1. The van der Waals surface area contributed by atoms with E-state index in [9.17, 15) is 4.79 Å². The highest BCUT2D eigenvalue weighted by molar-refractivity contribution is 6.34. The average molecular weight is 197 g/mol. The highest BCUT2D eigenvalue weighted by Crippen LogP contribution is 2.19. The maximum atomic E-state index is 11.5. The predicted molar refractivity (Wildman–Crippen MR) is 55.4 cm³/mol. The van der Waals surface area contributed by atoms with Crippen LogP contribution < -0.4 is 0 Å². The van der Waals surface area contributed by atoms with E-state index >= 15 is 0 Å². The van der Waals surface area contributed by atoms with Crippen molar-refractivity contribution < 1.29 is 4.79 Å². The van der Waals surface area contributed by atoms with Gasteiger partial charge in [0.1, 0.15) is 0 Å². The Morgan fingerprint density at radius 3 is 2.69 bits per heavy atom. The van der Waals surface area contributed by atoms with E-state index in [1.54, 1.807) is 6.07 Å². The van der Waals surface area contributed by atoms with Gasteiger partial charge in [0.15, 0.2) is 5.78 Å². The van der Waals surface area contributed by atoms with Crippen molar-refractivity contribution >= 4 is 17.4 Å². The first-order chi connectivity index (χ1) is 6.15. The monoisotopic (exact) mass is 196 g/mol. The van der Waals surface area contributed by atoms with Crippen LogP contribution in [0.25, 0.3) is 0 Å². The fourth-order valence-electron chi connectivity index (χ4n) is 1.21. The van der Waals surface area contributed by atoms with Gasteiger partial charge in [-0.05, 0) is 31.0 Å². The minimum atomic E-state index is 0.132. The molecule has 2 heteroatoms. The Labute approximate surface area is 83.7 Å². The second-order valence-corrected chi connectivity index (χ2v) is 3.56. The van der Waals surface area contributed by atoms with Crippen LogP contribution >= 0.6 is 11.6 Å². The van der Waals surface area contributed by atoms with E-state index < -0.39 is 0 Å². The van der Waals surface area contributed by atoms with Crippen molar-refractivity contribution in [3.05, 3.63) is 34.3 Å². The molecule has 70 valence electrons. The molecule has 0 atom stereocenters. The Hall–Kier alpha value is -0.820. The van der Waals surface area contributed by atoms with Crippen LogP contribution in [0.2, 0.25) is 5.02 Å². The summed E-state index contributed by atoms with van der Waals surface area (Å²) in [6, 6.07) is 5.54. The molecule has 0 saturated heterocycles.